The highest BCUT2D eigenvalue weighted by atomic mass is 35.5. The van der Waals surface area contributed by atoms with Gasteiger partial charge in [0.2, 0.25) is 5.88 Å². The SMILES string of the molecule is CC(C)C(C(=O)O)n1cc(-c2ccc(N3CCOc4ncnc(N)c4C3=O)cc2Cl)cn1. The third-order valence-electron chi connectivity index (χ3n) is 5.20. The van der Waals surface area contributed by atoms with Crippen LogP contribution in [-0.2, 0) is 4.79 Å². The fourth-order valence-corrected chi connectivity index (χ4v) is 3.93. The predicted molar refractivity (Wildman–Crippen MR) is 118 cm³/mol. The number of halogens is 1. The predicted octanol–water partition coefficient (Wildman–Crippen LogP) is 2.90. The van der Waals surface area contributed by atoms with E-state index >= 15 is 0 Å². The highest BCUT2D eigenvalue weighted by Gasteiger charge is 2.29. The molecule has 0 saturated carbocycles. The highest BCUT2D eigenvalue weighted by Crippen LogP contribution is 2.34. The summed E-state index contributed by atoms with van der Waals surface area (Å²) < 4.78 is 6.97. The normalized spacial score (nSPS) is 14.6. The van der Waals surface area contributed by atoms with Gasteiger partial charge in [0.25, 0.3) is 5.91 Å². The number of carboxylic acids is 1. The number of hydrogen-bond acceptors (Lipinski definition) is 7. The van der Waals surface area contributed by atoms with Crippen LogP contribution in [0.2, 0.25) is 5.02 Å². The average molecular weight is 457 g/mol. The van der Waals surface area contributed by atoms with E-state index in [4.69, 9.17) is 22.1 Å². The number of rotatable bonds is 5. The molecule has 3 aromatic rings. The number of hydrogen-bond donors (Lipinski definition) is 2. The van der Waals surface area contributed by atoms with E-state index in [9.17, 15) is 14.7 Å². The van der Waals surface area contributed by atoms with Crippen molar-refractivity contribution in [3.63, 3.8) is 0 Å². The lowest BCUT2D eigenvalue weighted by Gasteiger charge is -2.21. The minimum Gasteiger partial charge on any atom is -0.480 e. The van der Waals surface area contributed by atoms with Crippen molar-refractivity contribution in [2.24, 2.45) is 5.92 Å². The van der Waals surface area contributed by atoms with Crippen LogP contribution in [-0.4, -0.2) is 49.9 Å². The van der Waals surface area contributed by atoms with Crippen LogP contribution in [0.3, 0.4) is 0 Å². The Balaban J connectivity index is 1.65. The molecule has 2 aromatic heterocycles. The van der Waals surface area contributed by atoms with Gasteiger partial charge in [0.1, 0.15) is 24.3 Å². The first kappa shape index (κ1) is 21.6. The molecule has 166 valence electrons. The van der Waals surface area contributed by atoms with Crippen molar-refractivity contribution >= 4 is 35.0 Å². The smallest absolute Gasteiger partial charge is 0.328 e. The summed E-state index contributed by atoms with van der Waals surface area (Å²) in [6.07, 6.45) is 4.47. The number of fused-ring (bicyclic) bond motifs is 1. The van der Waals surface area contributed by atoms with E-state index in [-0.39, 0.29) is 42.2 Å². The lowest BCUT2D eigenvalue weighted by Crippen LogP contribution is -2.32. The van der Waals surface area contributed by atoms with E-state index in [1.165, 1.54) is 15.9 Å². The second-order valence-corrected chi connectivity index (χ2v) is 8.05. The second-order valence-electron chi connectivity index (χ2n) is 7.64. The minimum atomic E-state index is -0.957. The molecule has 3 N–H and O–H groups in total. The van der Waals surface area contributed by atoms with E-state index < -0.39 is 12.0 Å². The molecule has 1 aliphatic heterocycles. The van der Waals surface area contributed by atoms with E-state index in [1.54, 1.807) is 30.6 Å². The molecule has 0 radical (unpaired) electrons. The number of amides is 1. The summed E-state index contributed by atoms with van der Waals surface area (Å²) >= 11 is 6.55. The molecule has 1 aromatic carbocycles. The first-order valence-corrected chi connectivity index (χ1v) is 10.3. The third kappa shape index (κ3) is 3.84. The van der Waals surface area contributed by atoms with Crippen LogP contribution in [0.5, 0.6) is 5.88 Å². The van der Waals surface area contributed by atoms with Gasteiger partial charge in [-0.25, -0.2) is 14.8 Å². The Hall–Kier alpha value is -3.66. The maximum atomic E-state index is 13.1. The second kappa shape index (κ2) is 8.46. The zero-order valence-corrected chi connectivity index (χ0v) is 18.2. The highest BCUT2D eigenvalue weighted by molar-refractivity contribution is 6.33. The number of benzene rings is 1. The number of nitrogen functional groups attached to an aromatic ring is 1. The Morgan fingerprint density at radius 2 is 2.09 bits per heavy atom. The maximum absolute atomic E-state index is 13.1. The molecule has 0 bridgehead atoms. The number of carbonyl (C=O) groups is 2. The Labute approximate surface area is 188 Å². The summed E-state index contributed by atoms with van der Waals surface area (Å²) in [4.78, 5) is 34.1. The number of aliphatic carboxylic acids is 1. The van der Waals surface area contributed by atoms with Crippen LogP contribution < -0.4 is 15.4 Å². The molecule has 1 aliphatic rings. The van der Waals surface area contributed by atoms with E-state index in [0.29, 0.717) is 21.8 Å². The molecule has 0 fully saturated rings. The molecule has 1 unspecified atom stereocenters. The van der Waals surface area contributed by atoms with Gasteiger partial charge in [-0.2, -0.15) is 5.10 Å². The first-order valence-electron chi connectivity index (χ1n) is 9.90. The van der Waals surface area contributed by atoms with E-state index in [1.807, 2.05) is 13.8 Å². The summed E-state index contributed by atoms with van der Waals surface area (Å²) in [6.45, 7) is 4.14. The summed E-state index contributed by atoms with van der Waals surface area (Å²) in [5.74, 6) is -1.29. The van der Waals surface area contributed by atoms with Crippen LogP contribution in [0.1, 0.15) is 30.2 Å². The molecule has 3 heterocycles. The largest absolute Gasteiger partial charge is 0.480 e. The molecular weight excluding hydrogens is 436 g/mol. The number of anilines is 2. The lowest BCUT2D eigenvalue weighted by atomic mass is 10.0. The first-order chi connectivity index (χ1) is 15.3. The Morgan fingerprint density at radius 1 is 1.31 bits per heavy atom. The van der Waals surface area contributed by atoms with E-state index in [0.717, 1.165) is 0 Å². The fraction of sp³-hybridized carbons (Fsp3) is 0.286. The monoisotopic (exact) mass is 456 g/mol. The Kier molecular flexibility index (Phi) is 5.70. The minimum absolute atomic E-state index is 0.0418. The lowest BCUT2D eigenvalue weighted by molar-refractivity contribution is -0.142. The standard InChI is InChI=1S/C21H21ClN6O4/c1-11(2)17(21(30)31)28-9-12(8-26-28)14-4-3-13(7-15(14)22)27-5-6-32-19-16(20(27)29)18(23)24-10-25-19/h3-4,7-11,17H,5-6H2,1-2H3,(H,30,31)(H2,23,24,25). The average Bonchev–Trinajstić information content (AvgIpc) is 3.12. The van der Waals surface area contributed by atoms with Gasteiger partial charge < -0.3 is 20.5 Å². The van der Waals surface area contributed by atoms with Crippen LogP contribution in [0, 0.1) is 5.92 Å². The summed E-state index contributed by atoms with van der Waals surface area (Å²) in [5, 5.41) is 14.1. The topological polar surface area (TPSA) is 136 Å². The molecule has 11 heteroatoms. The third-order valence-corrected chi connectivity index (χ3v) is 5.51. The zero-order chi connectivity index (χ0) is 23.0. The molecule has 10 nitrogen and oxygen atoms in total. The number of aromatic nitrogens is 4. The maximum Gasteiger partial charge on any atom is 0.328 e. The van der Waals surface area contributed by atoms with Crippen molar-refractivity contribution < 1.29 is 19.4 Å². The van der Waals surface area contributed by atoms with Gasteiger partial charge in [0.15, 0.2) is 6.04 Å². The van der Waals surface area contributed by atoms with Crippen molar-refractivity contribution in [1.29, 1.82) is 0 Å². The molecule has 4 rings (SSSR count). The number of ether oxygens (including phenoxy) is 1. The van der Waals surface area contributed by atoms with Crippen molar-refractivity contribution in [2.75, 3.05) is 23.8 Å². The molecule has 1 amide bonds. The summed E-state index contributed by atoms with van der Waals surface area (Å²) in [6, 6.07) is 4.38. The van der Waals surface area contributed by atoms with Gasteiger partial charge in [-0.05, 0) is 18.1 Å². The van der Waals surface area contributed by atoms with Gasteiger partial charge in [-0.3, -0.25) is 9.48 Å². The number of carbonyl (C=O) groups excluding carboxylic acids is 1. The Morgan fingerprint density at radius 3 is 2.78 bits per heavy atom. The van der Waals surface area contributed by atoms with Crippen LogP contribution in [0.15, 0.2) is 36.9 Å². The summed E-state index contributed by atoms with van der Waals surface area (Å²) in [5.41, 5.74) is 7.88. The molecule has 0 aliphatic carbocycles. The molecular formula is C21H21ClN6O4. The van der Waals surface area contributed by atoms with Gasteiger partial charge in [0.05, 0.1) is 17.8 Å². The number of carboxylic acid groups (broad SMARTS) is 1. The van der Waals surface area contributed by atoms with Gasteiger partial charge in [0, 0.05) is 23.0 Å². The van der Waals surface area contributed by atoms with Gasteiger partial charge >= 0.3 is 5.97 Å². The zero-order valence-electron chi connectivity index (χ0n) is 17.4. The molecule has 0 saturated heterocycles. The van der Waals surface area contributed by atoms with Crippen LogP contribution in [0.4, 0.5) is 11.5 Å². The Bertz CT molecular complexity index is 1190. The molecule has 1 atom stereocenters. The number of nitrogens with zero attached hydrogens (tertiary/aromatic N) is 5. The molecule has 32 heavy (non-hydrogen) atoms. The van der Waals surface area contributed by atoms with Crippen molar-refractivity contribution in [3.8, 4) is 17.0 Å². The van der Waals surface area contributed by atoms with Crippen LogP contribution >= 0.6 is 11.6 Å². The molecule has 0 spiro atoms. The van der Waals surface area contributed by atoms with Crippen LogP contribution in [0.25, 0.3) is 11.1 Å². The van der Waals surface area contributed by atoms with Crippen molar-refractivity contribution in [3.05, 3.63) is 47.5 Å². The number of nitrogens with two attached hydrogens (primary N) is 1. The summed E-state index contributed by atoms with van der Waals surface area (Å²) in [7, 11) is 0. The van der Waals surface area contributed by atoms with E-state index in [2.05, 4.69) is 15.1 Å². The fourth-order valence-electron chi connectivity index (χ4n) is 3.65. The van der Waals surface area contributed by atoms with Gasteiger partial charge in [-0.15, -0.1) is 0 Å². The quantitative estimate of drug-likeness (QED) is 0.597. The van der Waals surface area contributed by atoms with Crippen molar-refractivity contribution in [2.45, 2.75) is 19.9 Å². The van der Waals surface area contributed by atoms with Gasteiger partial charge in [-0.1, -0.05) is 31.5 Å². The van der Waals surface area contributed by atoms with Crippen molar-refractivity contribution in [1.82, 2.24) is 19.7 Å².